The van der Waals surface area contributed by atoms with Gasteiger partial charge in [-0.3, -0.25) is 9.58 Å². The second-order valence-electron chi connectivity index (χ2n) is 4.84. The van der Waals surface area contributed by atoms with E-state index in [0.29, 0.717) is 11.9 Å². The maximum absolute atomic E-state index is 5.26. The zero-order valence-corrected chi connectivity index (χ0v) is 11.1. The molecule has 19 heavy (non-hydrogen) atoms. The summed E-state index contributed by atoms with van der Waals surface area (Å²) in [6.07, 6.45) is 6.53. The zero-order valence-electron chi connectivity index (χ0n) is 11.1. The number of likely N-dealkylation sites (tertiary alicyclic amines) is 1. The van der Waals surface area contributed by atoms with Crippen LogP contribution in [0, 0.1) is 0 Å². The Labute approximate surface area is 111 Å². The van der Waals surface area contributed by atoms with Gasteiger partial charge in [-0.15, -0.1) is 0 Å². The minimum atomic E-state index is 0.471. The van der Waals surface area contributed by atoms with E-state index in [1.807, 2.05) is 11.6 Å². The summed E-state index contributed by atoms with van der Waals surface area (Å²) in [6, 6.07) is 0.471. The molecule has 7 nitrogen and oxygen atoms in total. The van der Waals surface area contributed by atoms with Gasteiger partial charge in [-0.2, -0.15) is 10.1 Å². The van der Waals surface area contributed by atoms with E-state index >= 15 is 0 Å². The molecule has 3 heterocycles. The molecule has 1 aliphatic rings. The van der Waals surface area contributed by atoms with Gasteiger partial charge in [0.2, 0.25) is 5.89 Å². The topological polar surface area (TPSA) is 72.9 Å². The molecule has 0 aliphatic carbocycles. The van der Waals surface area contributed by atoms with Gasteiger partial charge in [-0.25, -0.2) is 4.98 Å². The molecule has 0 N–H and O–H groups in total. The molecule has 0 saturated carbocycles. The van der Waals surface area contributed by atoms with Crippen LogP contribution in [0.1, 0.15) is 31.5 Å². The molecule has 1 aliphatic heterocycles. The lowest BCUT2D eigenvalue weighted by atomic mass is 10.2. The van der Waals surface area contributed by atoms with Crippen LogP contribution in [0.25, 0.3) is 0 Å². The summed E-state index contributed by atoms with van der Waals surface area (Å²) in [5, 5.41) is 8.10. The first kappa shape index (κ1) is 12.3. The van der Waals surface area contributed by atoms with E-state index in [0.717, 1.165) is 31.9 Å². The van der Waals surface area contributed by atoms with Gasteiger partial charge in [0, 0.05) is 12.5 Å². The lowest BCUT2D eigenvalue weighted by Gasteiger charge is -2.22. The van der Waals surface area contributed by atoms with Crippen molar-refractivity contribution < 1.29 is 4.52 Å². The quantitative estimate of drug-likeness (QED) is 0.796. The lowest BCUT2D eigenvalue weighted by Crippen LogP contribution is -2.32. The molecule has 0 aromatic carbocycles. The first-order valence-electron chi connectivity index (χ1n) is 6.73. The van der Waals surface area contributed by atoms with Crippen LogP contribution in [-0.4, -0.2) is 42.4 Å². The highest BCUT2D eigenvalue weighted by atomic mass is 16.5. The molecule has 0 spiro atoms. The molecule has 3 rings (SSSR count). The van der Waals surface area contributed by atoms with Crippen molar-refractivity contribution in [1.82, 2.24) is 29.8 Å². The Hall–Kier alpha value is -1.76. The van der Waals surface area contributed by atoms with Gasteiger partial charge >= 0.3 is 0 Å². The van der Waals surface area contributed by atoms with Crippen LogP contribution in [0.4, 0.5) is 0 Å². The Bertz CT molecular complexity index is 508. The summed E-state index contributed by atoms with van der Waals surface area (Å²) in [7, 11) is 0. The Morgan fingerprint density at radius 1 is 1.47 bits per heavy atom. The predicted molar refractivity (Wildman–Crippen MR) is 67.1 cm³/mol. The van der Waals surface area contributed by atoms with Gasteiger partial charge in [0.15, 0.2) is 5.82 Å². The van der Waals surface area contributed by atoms with Crippen LogP contribution in [-0.2, 0) is 19.5 Å². The van der Waals surface area contributed by atoms with Gasteiger partial charge < -0.3 is 4.52 Å². The second-order valence-corrected chi connectivity index (χ2v) is 4.84. The third-order valence-corrected chi connectivity index (χ3v) is 3.53. The van der Waals surface area contributed by atoms with E-state index in [9.17, 15) is 0 Å². The van der Waals surface area contributed by atoms with E-state index < -0.39 is 0 Å². The van der Waals surface area contributed by atoms with Gasteiger partial charge in [0.05, 0.1) is 13.1 Å². The number of hydrogen-bond donors (Lipinski definition) is 0. The SMILES string of the molecule is CCc1noc(CN2CCC[C@H]2Cn2cncn2)n1. The third kappa shape index (κ3) is 2.81. The zero-order chi connectivity index (χ0) is 13.1. The smallest absolute Gasteiger partial charge is 0.240 e. The molecule has 1 atom stereocenters. The van der Waals surface area contributed by atoms with Crippen LogP contribution in [0.3, 0.4) is 0 Å². The largest absolute Gasteiger partial charge is 0.338 e. The summed E-state index contributed by atoms with van der Waals surface area (Å²) in [6.45, 7) is 4.70. The van der Waals surface area contributed by atoms with Gasteiger partial charge in [0.25, 0.3) is 0 Å². The van der Waals surface area contributed by atoms with Crippen molar-refractivity contribution in [2.24, 2.45) is 0 Å². The van der Waals surface area contributed by atoms with Crippen molar-refractivity contribution in [3.05, 3.63) is 24.4 Å². The van der Waals surface area contributed by atoms with Crippen molar-refractivity contribution in [2.45, 2.75) is 45.3 Å². The summed E-state index contributed by atoms with van der Waals surface area (Å²) >= 11 is 0. The van der Waals surface area contributed by atoms with Gasteiger partial charge in [-0.1, -0.05) is 12.1 Å². The Morgan fingerprint density at radius 2 is 2.42 bits per heavy atom. The molecule has 1 fully saturated rings. The maximum Gasteiger partial charge on any atom is 0.240 e. The molecule has 102 valence electrons. The molecule has 0 bridgehead atoms. The number of rotatable bonds is 5. The molecule has 2 aromatic heterocycles. The van der Waals surface area contributed by atoms with Gasteiger partial charge in [-0.05, 0) is 19.4 Å². The highest BCUT2D eigenvalue weighted by Crippen LogP contribution is 2.20. The molecule has 0 radical (unpaired) electrons. The summed E-state index contributed by atoms with van der Waals surface area (Å²) in [5.74, 6) is 1.49. The molecule has 1 saturated heterocycles. The average molecular weight is 262 g/mol. The van der Waals surface area contributed by atoms with Crippen molar-refractivity contribution in [3.8, 4) is 0 Å². The second kappa shape index (κ2) is 5.48. The van der Waals surface area contributed by atoms with Crippen LogP contribution in [0.5, 0.6) is 0 Å². The molecule has 0 unspecified atom stereocenters. The first-order chi connectivity index (χ1) is 9.35. The third-order valence-electron chi connectivity index (χ3n) is 3.53. The average Bonchev–Trinajstić information content (AvgIpc) is 3.14. The minimum Gasteiger partial charge on any atom is -0.338 e. The molecule has 0 amide bonds. The highest BCUT2D eigenvalue weighted by molar-refractivity contribution is 4.88. The number of aromatic nitrogens is 5. The Kier molecular flexibility index (Phi) is 3.54. The van der Waals surface area contributed by atoms with Crippen LogP contribution < -0.4 is 0 Å². The minimum absolute atomic E-state index is 0.471. The van der Waals surface area contributed by atoms with Crippen molar-refractivity contribution >= 4 is 0 Å². The van der Waals surface area contributed by atoms with Crippen molar-refractivity contribution in [2.75, 3.05) is 6.54 Å². The number of aryl methyl sites for hydroxylation is 1. The van der Waals surface area contributed by atoms with Crippen molar-refractivity contribution in [1.29, 1.82) is 0 Å². The Morgan fingerprint density at radius 3 is 3.16 bits per heavy atom. The summed E-state index contributed by atoms with van der Waals surface area (Å²) in [4.78, 5) is 10.7. The highest BCUT2D eigenvalue weighted by Gasteiger charge is 2.26. The summed E-state index contributed by atoms with van der Waals surface area (Å²) < 4.78 is 7.15. The lowest BCUT2D eigenvalue weighted by molar-refractivity contribution is 0.191. The molecular formula is C12H18N6O. The molecular weight excluding hydrogens is 244 g/mol. The normalized spacial score (nSPS) is 20.2. The van der Waals surface area contributed by atoms with Crippen LogP contribution in [0.15, 0.2) is 17.2 Å². The van der Waals surface area contributed by atoms with Crippen LogP contribution in [0.2, 0.25) is 0 Å². The predicted octanol–water partition coefficient (Wildman–Crippen LogP) is 0.888. The standard InChI is InChI=1S/C12H18N6O/c1-2-11-15-12(19-16-11)7-17-5-3-4-10(17)6-18-9-13-8-14-18/h8-10H,2-7H2,1H3/t10-/m0/s1. The van der Waals surface area contributed by atoms with E-state index in [1.165, 1.54) is 12.8 Å². The molecule has 7 heteroatoms. The number of nitrogens with zero attached hydrogens (tertiary/aromatic N) is 6. The molecule has 2 aromatic rings. The fraction of sp³-hybridized carbons (Fsp3) is 0.667. The monoisotopic (exact) mass is 262 g/mol. The maximum atomic E-state index is 5.26. The summed E-state index contributed by atoms with van der Waals surface area (Å²) in [5.41, 5.74) is 0. The fourth-order valence-electron chi connectivity index (χ4n) is 2.52. The first-order valence-corrected chi connectivity index (χ1v) is 6.73. The van der Waals surface area contributed by atoms with Crippen LogP contribution >= 0.6 is 0 Å². The van der Waals surface area contributed by atoms with Crippen molar-refractivity contribution in [3.63, 3.8) is 0 Å². The van der Waals surface area contributed by atoms with E-state index in [2.05, 4.69) is 25.1 Å². The van der Waals surface area contributed by atoms with E-state index in [-0.39, 0.29) is 0 Å². The fourth-order valence-corrected chi connectivity index (χ4v) is 2.52. The number of hydrogen-bond acceptors (Lipinski definition) is 6. The van der Waals surface area contributed by atoms with E-state index in [4.69, 9.17) is 4.52 Å². The van der Waals surface area contributed by atoms with E-state index in [1.54, 1.807) is 12.7 Å². The van der Waals surface area contributed by atoms with Gasteiger partial charge in [0.1, 0.15) is 12.7 Å². The Balaban J connectivity index is 1.62.